The van der Waals surface area contributed by atoms with Crippen LogP contribution in [0.5, 0.6) is 5.75 Å². The number of aliphatic imine (C=N–C) groups is 1. The van der Waals surface area contributed by atoms with E-state index in [-0.39, 0.29) is 11.9 Å². The van der Waals surface area contributed by atoms with Crippen LogP contribution in [-0.4, -0.2) is 16.9 Å². The van der Waals surface area contributed by atoms with E-state index in [1.165, 1.54) is 11.1 Å². The third-order valence-corrected chi connectivity index (χ3v) is 6.16. The number of phenolic OH excluding ortho intramolecular Hbond substituents is 1. The van der Waals surface area contributed by atoms with Gasteiger partial charge in [-0.25, -0.2) is 0 Å². The van der Waals surface area contributed by atoms with Gasteiger partial charge >= 0.3 is 0 Å². The van der Waals surface area contributed by atoms with E-state index in [2.05, 4.69) is 47.8 Å². The summed E-state index contributed by atoms with van der Waals surface area (Å²) in [7, 11) is 0. The Morgan fingerprint density at radius 1 is 1.10 bits per heavy atom. The molecule has 0 amide bonds. The predicted octanol–water partition coefficient (Wildman–Crippen LogP) is 5.65. The topological polar surface area (TPSA) is 53.9 Å². The van der Waals surface area contributed by atoms with Gasteiger partial charge in [-0.2, -0.15) is 0 Å². The van der Waals surface area contributed by atoms with E-state index in [1.54, 1.807) is 6.07 Å². The molecule has 31 heavy (non-hydrogen) atoms. The number of aromatic hydroxyl groups is 1. The second kappa shape index (κ2) is 8.10. The molecule has 0 saturated heterocycles. The SMILES string of the molecule is CC(C)OC1=CC(C2=CCC3CC4C=CC=CC4=CC3=C2)=NC(c2ccccc2O)N1. The average molecular weight is 413 g/mol. The van der Waals surface area contributed by atoms with Gasteiger partial charge < -0.3 is 15.2 Å². The second-order valence-electron chi connectivity index (χ2n) is 8.76. The second-order valence-corrected chi connectivity index (χ2v) is 8.76. The van der Waals surface area contributed by atoms with Gasteiger partial charge in [0.2, 0.25) is 0 Å². The quantitative estimate of drug-likeness (QED) is 0.672. The normalized spacial score (nSPS) is 26.5. The summed E-state index contributed by atoms with van der Waals surface area (Å²) in [5, 5.41) is 13.7. The molecule has 0 aromatic heterocycles. The summed E-state index contributed by atoms with van der Waals surface area (Å²) in [4.78, 5) is 4.94. The van der Waals surface area contributed by atoms with Gasteiger partial charge in [-0.15, -0.1) is 0 Å². The van der Waals surface area contributed by atoms with Crippen molar-refractivity contribution in [2.75, 3.05) is 0 Å². The Bertz CT molecular complexity index is 1100. The number of nitrogens with zero attached hydrogens (tertiary/aromatic N) is 1. The van der Waals surface area contributed by atoms with E-state index >= 15 is 0 Å². The first kappa shape index (κ1) is 19.7. The molecular formula is C27H28N2O2. The Hall–Kier alpha value is -3.27. The van der Waals surface area contributed by atoms with E-state index in [0.717, 1.165) is 29.7 Å². The zero-order valence-corrected chi connectivity index (χ0v) is 18.0. The number of rotatable bonds is 4. The van der Waals surface area contributed by atoms with Crippen LogP contribution in [0.1, 0.15) is 38.4 Å². The Morgan fingerprint density at radius 3 is 2.81 bits per heavy atom. The first-order valence-electron chi connectivity index (χ1n) is 11.1. The third-order valence-electron chi connectivity index (χ3n) is 6.16. The van der Waals surface area contributed by atoms with Crippen LogP contribution >= 0.6 is 0 Å². The highest BCUT2D eigenvalue weighted by molar-refractivity contribution is 6.11. The van der Waals surface area contributed by atoms with Gasteiger partial charge in [0.1, 0.15) is 5.75 Å². The lowest BCUT2D eigenvalue weighted by Crippen LogP contribution is -2.29. The van der Waals surface area contributed by atoms with Crippen molar-refractivity contribution >= 4 is 5.71 Å². The van der Waals surface area contributed by atoms with Gasteiger partial charge in [-0.1, -0.05) is 54.7 Å². The minimum atomic E-state index is -0.396. The molecule has 1 aliphatic heterocycles. The molecule has 2 N–H and O–H groups in total. The highest BCUT2D eigenvalue weighted by atomic mass is 16.5. The molecule has 0 fully saturated rings. The van der Waals surface area contributed by atoms with Crippen LogP contribution in [0.15, 0.2) is 100 Å². The van der Waals surface area contributed by atoms with Crippen LogP contribution in [0.4, 0.5) is 0 Å². The van der Waals surface area contributed by atoms with Gasteiger partial charge in [0.25, 0.3) is 0 Å². The summed E-state index contributed by atoms with van der Waals surface area (Å²) in [5.74, 6) is 2.00. The number of fused-ring (bicyclic) bond motifs is 2. The molecule has 1 heterocycles. The summed E-state index contributed by atoms with van der Waals surface area (Å²) in [6, 6.07) is 7.32. The summed E-state index contributed by atoms with van der Waals surface area (Å²) in [5.41, 5.74) is 5.51. The predicted molar refractivity (Wildman–Crippen MR) is 124 cm³/mol. The minimum Gasteiger partial charge on any atom is -0.508 e. The smallest absolute Gasteiger partial charge is 0.190 e. The van der Waals surface area contributed by atoms with Crippen molar-refractivity contribution in [1.29, 1.82) is 0 Å². The van der Waals surface area contributed by atoms with E-state index in [9.17, 15) is 5.11 Å². The average Bonchev–Trinajstić information content (AvgIpc) is 2.77. The number of allylic oxidation sites excluding steroid dienone is 11. The largest absolute Gasteiger partial charge is 0.508 e. The van der Waals surface area contributed by atoms with E-state index in [0.29, 0.717) is 17.7 Å². The maximum atomic E-state index is 10.4. The molecule has 4 nitrogen and oxygen atoms in total. The van der Waals surface area contributed by atoms with Crippen LogP contribution in [0.2, 0.25) is 0 Å². The molecule has 3 unspecified atom stereocenters. The van der Waals surface area contributed by atoms with Crippen molar-refractivity contribution in [1.82, 2.24) is 5.32 Å². The maximum Gasteiger partial charge on any atom is 0.190 e. The van der Waals surface area contributed by atoms with Crippen molar-refractivity contribution < 1.29 is 9.84 Å². The van der Waals surface area contributed by atoms with E-state index in [4.69, 9.17) is 9.73 Å². The van der Waals surface area contributed by atoms with Crippen LogP contribution in [-0.2, 0) is 4.74 Å². The molecule has 4 aliphatic rings. The van der Waals surface area contributed by atoms with E-state index < -0.39 is 6.17 Å². The summed E-state index contributed by atoms with van der Waals surface area (Å²) in [6.45, 7) is 4.01. The van der Waals surface area contributed by atoms with Crippen molar-refractivity contribution in [3.05, 3.63) is 101 Å². The highest BCUT2D eigenvalue weighted by Crippen LogP contribution is 2.41. The fourth-order valence-electron chi connectivity index (χ4n) is 4.66. The van der Waals surface area contributed by atoms with E-state index in [1.807, 2.05) is 38.1 Å². The molecule has 3 atom stereocenters. The Balaban J connectivity index is 1.50. The standard InChI is InChI=1S/C27H28N2O2/c1-17(2)31-26-16-24(28-27(29-26)23-9-5-6-10-25(23)30)21-12-11-20-13-18-7-3-4-8-19(18)14-22(20)15-21/h3-10,12,14-18,20,27,29-30H,11,13H2,1-2H3. The first-order chi connectivity index (χ1) is 15.1. The number of ether oxygens (including phenoxy) is 1. The summed E-state index contributed by atoms with van der Waals surface area (Å²) >= 11 is 0. The number of phenols is 1. The zero-order chi connectivity index (χ0) is 21.4. The molecular weight excluding hydrogens is 384 g/mol. The van der Waals surface area contributed by atoms with Crippen LogP contribution in [0, 0.1) is 11.8 Å². The number of benzene rings is 1. The van der Waals surface area contributed by atoms with Gasteiger partial charge in [0, 0.05) is 17.6 Å². The minimum absolute atomic E-state index is 0.0392. The lowest BCUT2D eigenvalue weighted by atomic mass is 9.73. The molecule has 0 bridgehead atoms. The van der Waals surface area contributed by atoms with Crippen LogP contribution in [0.3, 0.4) is 0 Å². The van der Waals surface area contributed by atoms with Crippen molar-refractivity contribution in [3.8, 4) is 5.75 Å². The third kappa shape index (κ3) is 4.02. The van der Waals surface area contributed by atoms with Gasteiger partial charge in [-0.05, 0) is 61.5 Å². The van der Waals surface area contributed by atoms with Gasteiger partial charge in [0.15, 0.2) is 12.0 Å². The number of para-hydroxylation sites is 1. The molecule has 3 aliphatic carbocycles. The van der Waals surface area contributed by atoms with Crippen molar-refractivity contribution in [2.45, 2.75) is 39.0 Å². The molecule has 1 aromatic carbocycles. The summed E-state index contributed by atoms with van der Waals surface area (Å²) in [6.07, 6.45) is 19.5. The van der Waals surface area contributed by atoms with Crippen LogP contribution in [0.25, 0.3) is 0 Å². The first-order valence-corrected chi connectivity index (χ1v) is 11.1. The Kier molecular flexibility index (Phi) is 5.14. The van der Waals surface area contributed by atoms with Gasteiger partial charge in [0.05, 0.1) is 11.8 Å². The Labute approximate surface area is 183 Å². The fraction of sp³-hybridized carbons (Fsp3) is 0.296. The van der Waals surface area contributed by atoms with Crippen LogP contribution < -0.4 is 5.32 Å². The Morgan fingerprint density at radius 2 is 1.97 bits per heavy atom. The number of nitrogens with one attached hydrogen (secondary N) is 1. The number of hydrogen-bond donors (Lipinski definition) is 2. The molecule has 5 rings (SSSR count). The fourth-order valence-corrected chi connectivity index (χ4v) is 4.66. The molecule has 0 saturated carbocycles. The lowest BCUT2D eigenvalue weighted by Gasteiger charge is -2.33. The maximum absolute atomic E-state index is 10.4. The molecule has 1 aromatic rings. The molecule has 0 spiro atoms. The zero-order valence-electron chi connectivity index (χ0n) is 18.0. The summed E-state index contributed by atoms with van der Waals surface area (Å²) < 4.78 is 5.99. The van der Waals surface area contributed by atoms with Crippen molar-refractivity contribution in [2.24, 2.45) is 16.8 Å². The van der Waals surface area contributed by atoms with Crippen molar-refractivity contribution in [3.63, 3.8) is 0 Å². The monoisotopic (exact) mass is 412 g/mol. The highest BCUT2D eigenvalue weighted by Gasteiger charge is 2.29. The number of hydrogen-bond acceptors (Lipinski definition) is 4. The molecule has 0 radical (unpaired) electrons. The molecule has 4 heteroatoms. The van der Waals surface area contributed by atoms with Gasteiger partial charge in [-0.3, -0.25) is 4.99 Å². The lowest BCUT2D eigenvalue weighted by molar-refractivity contribution is 0.124. The molecule has 158 valence electrons.